The van der Waals surface area contributed by atoms with Crippen molar-refractivity contribution in [2.24, 2.45) is 0 Å². The fourth-order valence-electron chi connectivity index (χ4n) is 2.15. The summed E-state index contributed by atoms with van der Waals surface area (Å²) in [5.41, 5.74) is 1.68. The Balaban J connectivity index is 2.41. The SMILES string of the molecule is COc1ccc(C(O)c2cccc(OC)c2F)cc1C. The maximum atomic E-state index is 14.1. The molecule has 1 atom stereocenters. The number of aryl methyl sites for hydroxylation is 1. The molecule has 0 fully saturated rings. The maximum absolute atomic E-state index is 14.1. The Morgan fingerprint density at radius 3 is 2.35 bits per heavy atom. The average Bonchev–Trinajstić information content (AvgIpc) is 2.46. The first-order valence-electron chi connectivity index (χ1n) is 6.23. The summed E-state index contributed by atoms with van der Waals surface area (Å²) in [6.45, 7) is 1.87. The molecule has 0 amide bonds. The van der Waals surface area contributed by atoms with Gasteiger partial charge < -0.3 is 14.6 Å². The zero-order valence-electron chi connectivity index (χ0n) is 11.7. The predicted octanol–water partition coefficient (Wildman–Crippen LogP) is 3.23. The standard InChI is InChI=1S/C16H17FO3/c1-10-9-11(7-8-13(10)19-2)16(18)12-5-4-6-14(20-3)15(12)17/h4-9,16,18H,1-3H3. The van der Waals surface area contributed by atoms with Crippen LogP contribution in [0.3, 0.4) is 0 Å². The van der Waals surface area contributed by atoms with Gasteiger partial charge >= 0.3 is 0 Å². The van der Waals surface area contributed by atoms with Crippen molar-refractivity contribution in [3.63, 3.8) is 0 Å². The molecule has 4 heteroatoms. The van der Waals surface area contributed by atoms with Crippen LogP contribution in [-0.2, 0) is 0 Å². The highest BCUT2D eigenvalue weighted by Gasteiger charge is 2.18. The lowest BCUT2D eigenvalue weighted by Crippen LogP contribution is -2.04. The summed E-state index contributed by atoms with van der Waals surface area (Å²) in [7, 11) is 2.98. The first-order valence-corrected chi connectivity index (χ1v) is 6.23. The van der Waals surface area contributed by atoms with E-state index in [-0.39, 0.29) is 11.3 Å². The topological polar surface area (TPSA) is 38.7 Å². The van der Waals surface area contributed by atoms with Gasteiger partial charge in [-0.05, 0) is 36.2 Å². The van der Waals surface area contributed by atoms with E-state index in [0.717, 1.165) is 11.3 Å². The van der Waals surface area contributed by atoms with Crippen LogP contribution in [-0.4, -0.2) is 19.3 Å². The summed E-state index contributed by atoms with van der Waals surface area (Å²) >= 11 is 0. The third kappa shape index (κ3) is 2.60. The Morgan fingerprint density at radius 2 is 1.75 bits per heavy atom. The second-order valence-corrected chi connectivity index (χ2v) is 4.50. The molecular weight excluding hydrogens is 259 g/mol. The van der Waals surface area contributed by atoms with Gasteiger partial charge in [0, 0.05) is 5.56 Å². The van der Waals surface area contributed by atoms with Crippen LogP contribution in [0.15, 0.2) is 36.4 Å². The molecule has 2 aromatic rings. The van der Waals surface area contributed by atoms with E-state index in [0.29, 0.717) is 5.56 Å². The Kier molecular flexibility index (Phi) is 4.25. The second kappa shape index (κ2) is 5.92. The third-order valence-electron chi connectivity index (χ3n) is 3.24. The van der Waals surface area contributed by atoms with Gasteiger partial charge in [0.1, 0.15) is 11.9 Å². The molecule has 0 heterocycles. The van der Waals surface area contributed by atoms with Gasteiger partial charge in [0.15, 0.2) is 11.6 Å². The van der Waals surface area contributed by atoms with E-state index >= 15 is 0 Å². The minimum absolute atomic E-state index is 0.117. The molecule has 0 aliphatic carbocycles. The smallest absolute Gasteiger partial charge is 0.171 e. The molecule has 0 spiro atoms. The quantitative estimate of drug-likeness (QED) is 0.931. The Morgan fingerprint density at radius 1 is 1.05 bits per heavy atom. The number of hydrogen-bond donors (Lipinski definition) is 1. The molecule has 0 bridgehead atoms. The maximum Gasteiger partial charge on any atom is 0.171 e. The minimum Gasteiger partial charge on any atom is -0.496 e. The summed E-state index contributed by atoms with van der Waals surface area (Å²) in [5, 5.41) is 10.3. The van der Waals surface area contributed by atoms with Crippen LogP contribution in [0.25, 0.3) is 0 Å². The summed E-state index contributed by atoms with van der Waals surface area (Å²) in [6.07, 6.45) is -1.05. The molecule has 106 valence electrons. The van der Waals surface area contributed by atoms with Gasteiger partial charge in [-0.25, -0.2) is 4.39 Å². The van der Waals surface area contributed by atoms with Gasteiger partial charge in [0.05, 0.1) is 14.2 Å². The lowest BCUT2D eigenvalue weighted by atomic mass is 9.99. The van der Waals surface area contributed by atoms with E-state index < -0.39 is 11.9 Å². The highest BCUT2D eigenvalue weighted by atomic mass is 19.1. The number of aliphatic hydroxyl groups excluding tert-OH is 1. The highest BCUT2D eigenvalue weighted by Crippen LogP contribution is 2.31. The van der Waals surface area contributed by atoms with Crippen molar-refractivity contribution in [2.45, 2.75) is 13.0 Å². The van der Waals surface area contributed by atoms with Crippen molar-refractivity contribution in [1.82, 2.24) is 0 Å². The molecule has 2 aromatic carbocycles. The van der Waals surface area contributed by atoms with Crippen molar-refractivity contribution in [3.05, 3.63) is 58.9 Å². The van der Waals surface area contributed by atoms with E-state index in [4.69, 9.17) is 9.47 Å². The molecule has 1 N–H and O–H groups in total. The monoisotopic (exact) mass is 276 g/mol. The Hall–Kier alpha value is -2.07. The van der Waals surface area contributed by atoms with Crippen molar-refractivity contribution < 1.29 is 19.0 Å². The summed E-state index contributed by atoms with van der Waals surface area (Å²) < 4.78 is 24.2. The van der Waals surface area contributed by atoms with Crippen LogP contribution in [0.2, 0.25) is 0 Å². The van der Waals surface area contributed by atoms with Crippen LogP contribution in [0.5, 0.6) is 11.5 Å². The third-order valence-corrected chi connectivity index (χ3v) is 3.24. The van der Waals surface area contributed by atoms with E-state index in [1.54, 1.807) is 37.4 Å². The summed E-state index contributed by atoms with van der Waals surface area (Å²) in [4.78, 5) is 0. The number of halogens is 1. The Labute approximate surface area is 117 Å². The van der Waals surface area contributed by atoms with Crippen LogP contribution in [0, 0.1) is 12.7 Å². The predicted molar refractivity (Wildman–Crippen MR) is 74.7 cm³/mol. The van der Waals surface area contributed by atoms with Crippen molar-refractivity contribution >= 4 is 0 Å². The number of rotatable bonds is 4. The first-order chi connectivity index (χ1) is 9.58. The van der Waals surface area contributed by atoms with Gasteiger partial charge in [-0.2, -0.15) is 0 Å². The molecular formula is C16H17FO3. The Bertz CT molecular complexity index is 611. The molecule has 1 unspecified atom stereocenters. The molecule has 20 heavy (non-hydrogen) atoms. The fraction of sp³-hybridized carbons (Fsp3) is 0.250. The van der Waals surface area contributed by atoms with E-state index in [2.05, 4.69) is 0 Å². The number of aliphatic hydroxyl groups is 1. The summed E-state index contributed by atoms with van der Waals surface area (Å²) in [6, 6.07) is 9.97. The number of hydrogen-bond acceptors (Lipinski definition) is 3. The van der Waals surface area contributed by atoms with Gasteiger partial charge in [-0.1, -0.05) is 18.2 Å². The minimum atomic E-state index is -1.05. The van der Waals surface area contributed by atoms with Crippen LogP contribution >= 0.6 is 0 Å². The van der Waals surface area contributed by atoms with Gasteiger partial charge in [-0.15, -0.1) is 0 Å². The molecule has 0 aliphatic rings. The number of methoxy groups -OCH3 is 2. The van der Waals surface area contributed by atoms with E-state index in [9.17, 15) is 9.50 Å². The van der Waals surface area contributed by atoms with Crippen molar-refractivity contribution in [3.8, 4) is 11.5 Å². The molecule has 3 nitrogen and oxygen atoms in total. The molecule has 0 saturated heterocycles. The average molecular weight is 276 g/mol. The van der Waals surface area contributed by atoms with Gasteiger partial charge in [0.2, 0.25) is 0 Å². The van der Waals surface area contributed by atoms with Crippen molar-refractivity contribution in [1.29, 1.82) is 0 Å². The van der Waals surface area contributed by atoms with Gasteiger partial charge in [-0.3, -0.25) is 0 Å². The molecule has 0 aliphatic heterocycles. The lowest BCUT2D eigenvalue weighted by molar-refractivity contribution is 0.213. The molecule has 0 saturated carbocycles. The van der Waals surface area contributed by atoms with Crippen LogP contribution in [0.4, 0.5) is 4.39 Å². The molecule has 0 radical (unpaired) electrons. The molecule has 0 aromatic heterocycles. The first kappa shape index (κ1) is 14.3. The number of benzene rings is 2. The van der Waals surface area contributed by atoms with E-state index in [1.807, 2.05) is 6.92 Å². The van der Waals surface area contributed by atoms with Crippen molar-refractivity contribution in [2.75, 3.05) is 14.2 Å². The number of ether oxygens (including phenoxy) is 2. The van der Waals surface area contributed by atoms with Crippen LogP contribution < -0.4 is 9.47 Å². The van der Waals surface area contributed by atoms with Gasteiger partial charge in [0.25, 0.3) is 0 Å². The highest BCUT2D eigenvalue weighted by molar-refractivity contribution is 5.42. The normalized spacial score (nSPS) is 12.1. The van der Waals surface area contributed by atoms with E-state index in [1.165, 1.54) is 13.2 Å². The van der Waals surface area contributed by atoms with Crippen LogP contribution in [0.1, 0.15) is 22.8 Å². The zero-order valence-corrected chi connectivity index (χ0v) is 11.7. The largest absolute Gasteiger partial charge is 0.496 e. The molecule has 2 rings (SSSR count). The summed E-state index contributed by atoms with van der Waals surface area (Å²) in [5.74, 6) is 0.301. The second-order valence-electron chi connectivity index (χ2n) is 4.50. The zero-order chi connectivity index (χ0) is 14.7. The fourth-order valence-corrected chi connectivity index (χ4v) is 2.15. The lowest BCUT2D eigenvalue weighted by Gasteiger charge is -2.15.